The quantitative estimate of drug-likeness (QED) is 0.0692. The van der Waals surface area contributed by atoms with Gasteiger partial charge in [0.1, 0.15) is 41.5 Å². The molecule has 14 heteroatoms. The van der Waals surface area contributed by atoms with Crippen LogP contribution in [-0.2, 0) is 60.7 Å². The van der Waals surface area contributed by atoms with E-state index in [1.165, 1.54) is 16.9 Å². The summed E-state index contributed by atoms with van der Waals surface area (Å²) in [6.45, 7) is 16.5. The molecule has 2 amide bonds. The lowest BCUT2D eigenvalue weighted by molar-refractivity contribution is -0.225. The maximum absolute atomic E-state index is 16.2. The smallest absolute Gasteiger partial charge is 0.327 e. The Morgan fingerprint density at radius 2 is 1.63 bits per heavy atom. The van der Waals surface area contributed by atoms with Gasteiger partial charge in [0, 0.05) is 39.2 Å². The Balaban J connectivity index is 1.05. The van der Waals surface area contributed by atoms with Crippen LogP contribution in [0.15, 0.2) is 60.2 Å². The van der Waals surface area contributed by atoms with Gasteiger partial charge < -0.3 is 39.0 Å². The summed E-state index contributed by atoms with van der Waals surface area (Å²) in [6.07, 6.45) is 12.5. The summed E-state index contributed by atoms with van der Waals surface area (Å²) < 4.78 is 32.5. The van der Waals surface area contributed by atoms with Crippen molar-refractivity contribution in [1.82, 2.24) is 15.3 Å². The number of benzene rings is 2. The van der Waals surface area contributed by atoms with Crippen LogP contribution < -0.4 is 5.32 Å². The number of rotatable bonds is 21. The van der Waals surface area contributed by atoms with Crippen LogP contribution in [0.5, 0.6) is 0 Å². The van der Waals surface area contributed by atoms with Crippen molar-refractivity contribution in [3.63, 3.8) is 0 Å². The maximum Gasteiger partial charge on any atom is 0.327 e. The van der Waals surface area contributed by atoms with Gasteiger partial charge in [0.2, 0.25) is 11.8 Å². The summed E-state index contributed by atoms with van der Waals surface area (Å²) in [6, 6.07) is 14.8. The number of amides is 2. The number of epoxide rings is 1. The fraction of sp³-hybridized carbons (Fsp3) is 0.705. The summed E-state index contributed by atoms with van der Waals surface area (Å²) in [5, 5.41) is 15.1. The lowest BCUT2D eigenvalue weighted by atomic mass is 9.52. The first-order chi connectivity index (χ1) is 35.7. The fourth-order valence-electron chi connectivity index (χ4n) is 14.0. The molecule has 2 aromatic rings. The highest BCUT2D eigenvalue weighted by Crippen LogP contribution is 2.61. The molecule has 3 aliphatic carbocycles. The third-order valence-electron chi connectivity index (χ3n) is 18.1. The molecule has 4 aliphatic heterocycles. The second-order valence-corrected chi connectivity index (χ2v) is 25.2. The van der Waals surface area contributed by atoms with Gasteiger partial charge in [-0.15, -0.1) is 0 Å². The molecular weight excluding hydrogens is 951 g/mol. The van der Waals surface area contributed by atoms with Crippen LogP contribution >= 0.6 is 0 Å². The fourth-order valence-corrected chi connectivity index (χ4v) is 14.0. The number of nitrogens with zero attached hydrogens (tertiary/aromatic N) is 2. The Morgan fingerprint density at radius 1 is 0.920 bits per heavy atom. The number of ether oxygens (including phenoxy) is 5. The zero-order valence-corrected chi connectivity index (χ0v) is 46.4. The normalized spacial score (nSPS) is 32.5. The van der Waals surface area contributed by atoms with E-state index < -0.39 is 89.7 Å². The molecule has 4 heterocycles. The number of hydrogen-bond acceptors (Lipinski definition) is 12. The summed E-state index contributed by atoms with van der Waals surface area (Å²) in [5.74, 6) is -1.78. The maximum atomic E-state index is 16.2. The van der Waals surface area contributed by atoms with Crippen LogP contribution in [0, 0.1) is 22.7 Å². The molecule has 7 fully saturated rings. The summed E-state index contributed by atoms with van der Waals surface area (Å²) in [5.41, 5.74) is 2.33. The van der Waals surface area contributed by atoms with Crippen molar-refractivity contribution in [3.8, 4) is 0 Å². The summed E-state index contributed by atoms with van der Waals surface area (Å²) >= 11 is 0. The molecule has 0 spiro atoms. The van der Waals surface area contributed by atoms with Gasteiger partial charge >= 0.3 is 11.9 Å². The van der Waals surface area contributed by atoms with E-state index in [-0.39, 0.29) is 43.2 Å². The SMILES string of the molecule is CCCCCC1(CCCCC)O[C@@H]2[C@H]3ON(Cc4cccc(C=C5CCC6O[C@]6(C)CC[C@@H]6[C@@H]5CC6(C)C)c4)[C@H]4C(=O)OC(CC34C(=O)N(C)[C@H](Cc3ccccc3)C(=O)N[C@H](CO)CCC(=O)OC(C)(C)C)[C@@H]2O1. The minimum atomic E-state index is -1.53. The van der Waals surface area contributed by atoms with Crippen molar-refractivity contribution >= 4 is 29.8 Å². The number of hydrogen-bond donors (Lipinski definition) is 2. The number of likely N-dealkylation sites (N-methyl/N-ethyl adjacent to an activating group) is 1. The molecule has 3 unspecified atom stereocenters. The number of fused-ring (bicyclic) bond motifs is 6. The van der Waals surface area contributed by atoms with Gasteiger partial charge in [-0.05, 0) is 113 Å². The highest BCUT2D eigenvalue weighted by atomic mass is 16.8. The van der Waals surface area contributed by atoms with E-state index in [0.29, 0.717) is 30.8 Å². The van der Waals surface area contributed by atoms with Gasteiger partial charge in [0.05, 0.1) is 30.9 Å². The highest BCUT2D eigenvalue weighted by Gasteiger charge is 2.77. The molecule has 14 nitrogen and oxygen atoms in total. The number of aliphatic hydroxyl groups is 1. The van der Waals surface area contributed by atoms with Crippen molar-refractivity contribution in [2.45, 2.75) is 237 Å². The monoisotopic (exact) mass is 1040 g/mol. The van der Waals surface area contributed by atoms with Crippen LogP contribution in [0.2, 0.25) is 0 Å². The third kappa shape index (κ3) is 11.7. The Morgan fingerprint density at radius 3 is 2.31 bits per heavy atom. The second-order valence-electron chi connectivity index (χ2n) is 25.2. The molecule has 412 valence electrons. The molecule has 9 rings (SSSR count). The molecule has 0 aromatic heterocycles. The van der Waals surface area contributed by atoms with Crippen LogP contribution in [0.4, 0.5) is 0 Å². The number of carbonyl (C=O) groups excluding carboxylic acids is 4. The number of esters is 2. The Kier molecular flexibility index (Phi) is 16.5. The number of aliphatic hydroxyl groups excluding tert-OH is 1. The number of unbranched alkanes of at least 4 members (excludes halogenated alkanes) is 4. The summed E-state index contributed by atoms with van der Waals surface area (Å²) in [4.78, 5) is 67.3. The first-order valence-electron chi connectivity index (χ1n) is 28.6. The zero-order valence-electron chi connectivity index (χ0n) is 46.4. The van der Waals surface area contributed by atoms with Crippen molar-refractivity contribution in [3.05, 3.63) is 76.9 Å². The van der Waals surface area contributed by atoms with Gasteiger partial charge in [-0.3, -0.25) is 24.0 Å². The lowest BCUT2D eigenvalue weighted by Crippen LogP contribution is -2.70. The molecule has 12 atom stereocenters. The molecule has 7 aliphatic rings. The Hall–Kier alpha value is -4.18. The zero-order chi connectivity index (χ0) is 53.5. The highest BCUT2D eigenvalue weighted by molar-refractivity contribution is 5.96. The van der Waals surface area contributed by atoms with Crippen LogP contribution in [-0.4, -0.2) is 118 Å². The van der Waals surface area contributed by atoms with Crippen molar-refractivity contribution in [1.29, 1.82) is 0 Å². The van der Waals surface area contributed by atoms with E-state index in [1.807, 2.05) is 36.4 Å². The van der Waals surface area contributed by atoms with Crippen LogP contribution in [0.3, 0.4) is 0 Å². The van der Waals surface area contributed by atoms with E-state index in [1.54, 1.807) is 32.9 Å². The molecule has 2 aromatic carbocycles. The Bertz CT molecular complexity index is 2390. The van der Waals surface area contributed by atoms with E-state index in [9.17, 15) is 19.5 Å². The molecule has 2 N–H and O–H groups in total. The van der Waals surface area contributed by atoms with E-state index in [0.717, 1.165) is 80.9 Å². The molecule has 75 heavy (non-hydrogen) atoms. The standard InChI is InChI=1S/C61H87N3O11/c1-10-12-17-29-60(30-18-13-11-2)73-50-47-36-61(56(69)63(9)46(34-39-20-15-14-16-21-39)54(67)62-43(38-65)25-27-49(66)72-57(3,4)5)52(55(68)70-47)64(75-53(61)51(50)74-60)37-41-23-19-22-40(32-41)33-42-24-26-48-59(8,71-48)31-28-45-44(42)35-58(45,6)7/h14-16,19-23,32-33,43-48,50-53,65H,10-13,17-18,24-31,34-38H2,1-9H3,(H,62,67)/t43-,44+,45+,46+,47?,48?,50-,51-,52-,53+,59+,61?/m0/s1. The van der Waals surface area contributed by atoms with E-state index in [2.05, 4.69) is 64.2 Å². The predicted molar refractivity (Wildman–Crippen MR) is 284 cm³/mol. The van der Waals surface area contributed by atoms with Gasteiger partial charge in [0.25, 0.3) is 0 Å². The van der Waals surface area contributed by atoms with Crippen molar-refractivity contribution in [2.75, 3.05) is 13.7 Å². The number of nitrogens with one attached hydrogen (secondary N) is 1. The van der Waals surface area contributed by atoms with E-state index in [4.69, 9.17) is 28.5 Å². The molecule has 3 saturated carbocycles. The van der Waals surface area contributed by atoms with Crippen LogP contribution in [0.25, 0.3) is 6.08 Å². The lowest BCUT2D eigenvalue weighted by Gasteiger charge is -2.53. The molecular formula is C61H87N3O11. The number of allylic oxidation sites excluding steroid dienone is 1. The van der Waals surface area contributed by atoms with Gasteiger partial charge in [-0.1, -0.05) is 120 Å². The van der Waals surface area contributed by atoms with Gasteiger partial charge in [-0.2, -0.15) is 5.06 Å². The number of carbonyl (C=O) groups is 4. The van der Waals surface area contributed by atoms with Crippen LogP contribution in [0.1, 0.15) is 175 Å². The molecule has 2 bridgehead atoms. The Labute approximate surface area is 446 Å². The molecule has 4 saturated heterocycles. The average Bonchev–Trinajstić information content (AvgIpc) is 3.66. The van der Waals surface area contributed by atoms with E-state index >= 15 is 4.79 Å². The first kappa shape index (κ1) is 55.6. The van der Waals surface area contributed by atoms with Crippen molar-refractivity contribution < 1.29 is 52.8 Å². The minimum absolute atomic E-state index is 0.00370. The second kappa shape index (κ2) is 22.3. The van der Waals surface area contributed by atoms with Crippen molar-refractivity contribution in [2.24, 2.45) is 22.7 Å². The predicted octanol–water partition coefficient (Wildman–Crippen LogP) is 9.57. The average molecular weight is 1040 g/mol. The third-order valence-corrected chi connectivity index (χ3v) is 18.1. The minimum Gasteiger partial charge on any atom is -0.460 e. The van der Waals surface area contributed by atoms with Gasteiger partial charge in [0.15, 0.2) is 11.8 Å². The van der Waals surface area contributed by atoms with Gasteiger partial charge in [-0.25, -0.2) is 0 Å². The number of hydroxylamine groups is 2. The summed E-state index contributed by atoms with van der Waals surface area (Å²) in [7, 11) is 1.62. The first-order valence-corrected chi connectivity index (χ1v) is 28.6. The molecule has 0 radical (unpaired) electrons. The topological polar surface area (TPSA) is 166 Å². The largest absolute Gasteiger partial charge is 0.460 e.